The van der Waals surface area contributed by atoms with Crippen molar-refractivity contribution in [2.24, 2.45) is 17.3 Å². The van der Waals surface area contributed by atoms with Crippen molar-refractivity contribution in [3.05, 3.63) is 0 Å². The second-order valence-electron chi connectivity index (χ2n) is 16.7. The second-order valence-corrected chi connectivity index (χ2v) is 17.9. The lowest BCUT2D eigenvalue weighted by Gasteiger charge is -2.33. The molecular formula is C41H67N5O16S. The third-order valence-corrected chi connectivity index (χ3v) is 12.2. The second kappa shape index (κ2) is 26.7. The van der Waals surface area contributed by atoms with E-state index in [1.165, 1.54) is 35.8 Å². The maximum absolute atomic E-state index is 12.9. The van der Waals surface area contributed by atoms with Gasteiger partial charge in [0.1, 0.15) is 18.3 Å². The highest BCUT2D eigenvalue weighted by Gasteiger charge is 2.38. The van der Waals surface area contributed by atoms with Crippen LogP contribution in [-0.2, 0) is 71.4 Å². The largest absolute Gasteiger partial charge is 0.469 e. The number of epoxide rings is 3. The van der Waals surface area contributed by atoms with Gasteiger partial charge in [0.25, 0.3) is 0 Å². The lowest BCUT2D eigenvalue weighted by atomic mass is 9.92. The molecule has 5 saturated heterocycles. The quantitative estimate of drug-likeness (QED) is 0.0343. The van der Waals surface area contributed by atoms with Crippen molar-refractivity contribution in [1.82, 2.24) is 25.3 Å². The topological polar surface area (TPSA) is 249 Å². The number of hydrogen-bond acceptors (Lipinski definition) is 18. The molecule has 5 heterocycles. The molecule has 0 spiro atoms. The Bertz CT molecular complexity index is 1370. The highest BCUT2D eigenvalue weighted by molar-refractivity contribution is 7.99. The number of aliphatic hydroxyl groups excluding tert-OH is 1. The van der Waals surface area contributed by atoms with E-state index in [4.69, 9.17) is 42.6 Å². The smallest absolute Gasteiger partial charge is 0.310 e. The van der Waals surface area contributed by atoms with Crippen LogP contribution in [0.5, 0.6) is 0 Å². The standard InChI is InChI=1S/C41H67N5O16S/c1-54-39(52)29-13-37(50)45(15-29)9-5-42-35(48)3-7-44(8-4-36(49)43-6-10-46-16-30(14-38(46)51)40(53)55-2)11-12-63-24-31(47)17-56-25-41(26-57-18-32-21-60-32,27-58-19-33-22-61-33)28-59-20-34-23-62-34/h29-34,47H,3-28H2,1-2H3,(H,42,48)(H,43,49). The molecule has 0 aliphatic carbocycles. The first-order chi connectivity index (χ1) is 30.5. The first-order valence-electron chi connectivity index (χ1n) is 21.8. The molecule has 6 atom stereocenters. The zero-order valence-electron chi connectivity index (χ0n) is 36.7. The number of nitrogens with one attached hydrogen (secondary N) is 2. The monoisotopic (exact) mass is 917 g/mol. The van der Waals surface area contributed by atoms with E-state index < -0.39 is 35.3 Å². The molecule has 0 aromatic rings. The number of esters is 2. The Labute approximate surface area is 373 Å². The third kappa shape index (κ3) is 19.4. The molecule has 5 aliphatic heterocycles. The van der Waals surface area contributed by atoms with Gasteiger partial charge >= 0.3 is 11.9 Å². The number of hydrogen-bond donors (Lipinski definition) is 3. The van der Waals surface area contributed by atoms with Crippen LogP contribution < -0.4 is 10.6 Å². The maximum atomic E-state index is 12.9. The molecular weight excluding hydrogens is 851 g/mol. The van der Waals surface area contributed by atoms with E-state index in [0.717, 1.165) is 0 Å². The van der Waals surface area contributed by atoms with Gasteiger partial charge in [-0.1, -0.05) is 0 Å². The minimum atomic E-state index is -0.768. The normalized spacial score (nSPS) is 24.0. The fourth-order valence-corrected chi connectivity index (χ4v) is 8.08. The number of carbonyl (C=O) groups is 6. The van der Waals surface area contributed by atoms with Gasteiger partial charge in [0.05, 0.1) is 110 Å². The van der Waals surface area contributed by atoms with Crippen LogP contribution in [0.15, 0.2) is 0 Å². The van der Waals surface area contributed by atoms with Crippen LogP contribution >= 0.6 is 11.8 Å². The summed E-state index contributed by atoms with van der Waals surface area (Å²) < 4.78 is 49.6. The van der Waals surface area contributed by atoms with E-state index in [1.54, 1.807) is 0 Å². The summed E-state index contributed by atoms with van der Waals surface area (Å²) in [5.74, 6) is -1.66. The van der Waals surface area contributed by atoms with E-state index in [-0.39, 0.29) is 120 Å². The van der Waals surface area contributed by atoms with Crippen molar-refractivity contribution in [1.29, 1.82) is 0 Å². The van der Waals surface area contributed by atoms with E-state index >= 15 is 0 Å². The van der Waals surface area contributed by atoms with Crippen LogP contribution in [0.25, 0.3) is 0 Å². The molecule has 5 aliphatic rings. The molecule has 0 bridgehead atoms. The average Bonchev–Trinajstić information content (AvgIpc) is 4.19. The molecule has 21 nitrogen and oxygen atoms in total. The number of nitrogens with zero attached hydrogens (tertiary/aromatic N) is 3. The van der Waals surface area contributed by atoms with Crippen LogP contribution in [0, 0.1) is 17.3 Å². The molecule has 63 heavy (non-hydrogen) atoms. The molecule has 5 rings (SSSR count). The average molecular weight is 918 g/mol. The molecule has 0 radical (unpaired) electrons. The molecule has 22 heteroatoms. The van der Waals surface area contributed by atoms with Gasteiger partial charge in [0, 0.05) is 96.1 Å². The van der Waals surface area contributed by atoms with Crippen molar-refractivity contribution in [2.75, 3.05) is 157 Å². The molecule has 5 fully saturated rings. The Morgan fingerprint density at radius 3 is 1.57 bits per heavy atom. The van der Waals surface area contributed by atoms with Gasteiger partial charge in [0.15, 0.2) is 0 Å². The van der Waals surface area contributed by atoms with Crippen molar-refractivity contribution < 1.29 is 76.5 Å². The number of methoxy groups -OCH3 is 2. The van der Waals surface area contributed by atoms with Gasteiger partial charge in [0.2, 0.25) is 23.6 Å². The SMILES string of the molecule is COC(=O)C1CC(=O)N(CCNC(=O)CCN(CCSCC(O)COCC(COCC2CO2)(COCC2CO2)COCC2CO2)CCC(=O)NCCN2CC(C(=O)OC)CC2=O)C1. The van der Waals surface area contributed by atoms with Crippen molar-refractivity contribution in [3.63, 3.8) is 0 Å². The third-order valence-electron chi connectivity index (χ3n) is 11.1. The van der Waals surface area contributed by atoms with Crippen LogP contribution in [0.4, 0.5) is 0 Å². The molecule has 6 unspecified atom stereocenters. The van der Waals surface area contributed by atoms with Crippen LogP contribution in [-0.4, -0.2) is 237 Å². The molecule has 0 aromatic heterocycles. The number of amides is 4. The van der Waals surface area contributed by atoms with E-state index in [9.17, 15) is 33.9 Å². The van der Waals surface area contributed by atoms with Gasteiger partial charge < -0.3 is 73.1 Å². The fourth-order valence-electron chi connectivity index (χ4n) is 7.15. The van der Waals surface area contributed by atoms with E-state index in [2.05, 4.69) is 10.6 Å². The molecule has 0 saturated carbocycles. The minimum absolute atomic E-state index is 0.0841. The summed E-state index contributed by atoms with van der Waals surface area (Å²) in [4.78, 5) is 79.2. The van der Waals surface area contributed by atoms with Gasteiger partial charge in [-0.2, -0.15) is 11.8 Å². The predicted molar refractivity (Wildman–Crippen MR) is 223 cm³/mol. The van der Waals surface area contributed by atoms with Crippen LogP contribution in [0.2, 0.25) is 0 Å². The highest BCUT2D eigenvalue weighted by atomic mass is 32.2. The maximum Gasteiger partial charge on any atom is 0.310 e. The van der Waals surface area contributed by atoms with Crippen molar-refractivity contribution in [3.8, 4) is 0 Å². The first kappa shape index (κ1) is 50.8. The fraction of sp³-hybridized carbons (Fsp3) is 0.854. The number of ether oxygens (including phenoxy) is 9. The number of aliphatic hydroxyl groups is 1. The van der Waals surface area contributed by atoms with E-state index in [0.29, 0.717) is 90.6 Å². The molecule has 4 amide bonds. The van der Waals surface area contributed by atoms with Gasteiger partial charge in [-0.15, -0.1) is 0 Å². The molecule has 358 valence electrons. The summed E-state index contributed by atoms with van der Waals surface area (Å²) in [5, 5.41) is 16.6. The Hall–Kier alpha value is -3.19. The van der Waals surface area contributed by atoms with Crippen LogP contribution in [0.3, 0.4) is 0 Å². The lowest BCUT2D eigenvalue weighted by Crippen LogP contribution is -2.43. The Morgan fingerprint density at radius 1 is 0.730 bits per heavy atom. The number of thioether (sulfide) groups is 1. The summed E-state index contributed by atoms with van der Waals surface area (Å²) in [6, 6.07) is 0. The van der Waals surface area contributed by atoms with Gasteiger partial charge in [-0.3, -0.25) is 28.8 Å². The van der Waals surface area contributed by atoms with Crippen LogP contribution in [0.1, 0.15) is 25.7 Å². The number of likely N-dealkylation sites (tertiary alicyclic amines) is 2. The summed E-state index contributed by atoms with van der Waals surface area (Å²) in [6.45, 7) is 7.47. The molecule has 3 N–H and O–H groups in total. The summed E-state index contributed by atoms with van der Waals surface area (Å²) in [5.41, 5.74) is -0.622. The van der Waals surface area contributed by atoms with Crippen molar-refractivity contribution >= 4 is 47.3 Å². The minimum Gasteiger partial charge on any atom is -0.469 e. The van der Waals surface area contributed by atoms with Gasteiger partial charge in [-0.05, 0) is 0 Å². The number of rotatable bonds is 35. The lowest BCUT2D eigenvalue weighted by molar-refractivity contribution is -0.145. The zero-order chi connectivity index (χ0) is 45.0. The Morgan fingerprint density at radius 2 is 1.16 bits per heavy atom. The Balaban J connectivity index is 1.04. The van der Waals surface area contributed by atoms with Gasteiger partial charge in [-0.25, -0.2) is 0 Å². The predicted octanol–water partition coefficient (Wildman–Crippen LogP) is -2.31. The summed E-state index contributed by atoms with van der Waals surface area (Å²) >= 11 is 1.52. The number of carbonyl (C=O) groups excluding carboxylic acids is 6. The highest BCUT2D eigenvalue weighted by Crippen LogP contribution is 2.25. The summed E-state index contributed by atoms with van der Waals surface area (Å²) in [7, 11) is 2.58. The molecule has 0 aromatic carbocycles. The summed E-state index contributed by atoms with van der Waals surface area (Å²) in [6.07, 6.45) is -0.0107. The van der Waals surface area contributed by atoms with Crippen molar-refractivity contribution in [2.45, 2.75) is 50.1 Å². The zero-order valence-corrected chi connectivity index (χ0v) is 37.5. The first-order valence-corrected chi connectivity index (χ1v) is 23.0. The Kier molecular flexibility index (Phi) is 21.5. The van der Waals surface area contributed by atoms with E-state index in [1.807, 2.05) is 4.90 Å².